The number of fused-ring (bicyclic) bond motifs is 2. The summed E-state index contributed by atoms with van der Waals surface area (Å²) in [6.07, 6.45) is -1.14. The van der Waals surface area contributed by atoms with E-state index < -0.39 is 18.0 Å². The molecule has 0 aliphatic rings. The lowest BCUT2D eigenvalue weighted by Gasteiger charge is -2.18. The number of rotatable bonds is 5. The lowest BCUT2D eigenvalue weighted by molar-refractivity contribution is -0.123. The number of hydrogen-bond donors (Lipinski definition) is 1. The van der Waals surface area contributed by atoms with Crippen molar-refractivity contribution in [3.8, 4) is 11.1 Å². The van der Waals surface area contributed by atoms with Crippen molar-refractivity contribution in [2.45, 2.75) is 13.0 Å². The van der Waals surface area contributed by atoms with E-state index in [2.05, 4.69) is 10.3 Å². The Balaban J connectivity index is 1.50. The van der Waals surface area contributed by atoms with E-state index in [1.165, 1.54) is 29.9 Å². The third-order valence-corrected chi connectivity index (χ3v) is 7.01. The Morgan fingerprint density at radius 1 is 1.00 bits per heavy atom. The van der Waals surface area contributed by atoms with E-state index >= 15 is 0 Å². The summed E-state index contributed by atoms with van der Waals surface area (Å²) in [5.74, 6) is -1.32. The molecule has 180 valence electrons. The van der Waals surface area contributed by atoms with Gasteiger partial charge >= 0.3 is 5.97 Å². The van der Waals surface area contributed by atoms with Crippen LogP contribution >= 0.6 is 22.9 Å². The number of pyridine rings is 1. The van der Waals surface area contributed by atoms with Gasteiger partial charge in [-0.3, -0.25) is 14.9 Å². The summed E-state index contributed by atoms with van der Waals surface area (Å²) in [6.45, 7) is 1.47. The zero-order valence-electron chi connectivity index (χ0n) is 19.3. The summed E-state index contributed by atoms with van der Waals surface area (Å²) in [5.41, 5.74) is 1.67. The van der Waals surface area contributed by atoms with E-state index in [0.717, 1.165) is 10.2 Å². The number of hydrogen-bond acceptors (Lipinski definition) is 6. The maximum atomic E-state index is 13.4. The number of nitrogens with one attached hydrogen (secondary N) is 1. The highest BCUT2D eigenvalue weighted by Crippen LogP contribution is 2.32. The molecule has 0 saturated carbocycles. The number of anilines is 1. The van der Waals surface area contributed by atoms with Crippen molar-refractivity contribution in [2.24, 2.45) is 7.05 Å². The number of benzene rings is 3. The number of aromatic nitrogens is 2. The van der Waals surface area contributed by atoms with Crippen LogP contribution < -0.4 is 10.9 Å². The topological polar surface area (TPSA) is 90.3 Å². The highest BCUT2D eigenvalue weighted by molar-refractivity contribution is 7.22. The molecule has 0 radical (unpaired) electrons. The molecule has 7 nitrogen and oxygen atoms in total. The van der Waals surface area contributed by atoms with Crippen LogP contribution in [-0.2, 0) is 16.6 Å². The number of esters is 1. The van der Waals surface area contributed by atoms with Crippen LogP contribution in [0.3, 0.4) is 0 Å². The fourth-order valence-electron chi connectivity index (χ4n) is 4.02. The van der Waals surface area contributed by atoms with Gasteiger partial charge in [0.1, 0.15) is 5.69 Å². The van der Waals surface area contributed by atoms with Gasteiger partial charge in [-0.1, -0.05) is 65.4 Å². The average Bonchev–Trinajstić information content (AvgIpc) is 3.29. The first-order valence-corrected chi connectivity index (χ1v) is 12.3. The summed E-state index contributed by atoms with van der Waals surface area (Å²) in [4.78, 5) is 43.7. The van der Waals surface area contributed by atoms with Gasteiger partial charge < -0.3 is 9.30 Å². The maximum Gasteiger partial charge on any atom is 0.356 e. The summed E-state index contributed by atoms with van der Waals surface area (Å²) >= 11 is 7.40. The van der Waals surface area contributed by atoms with Crippen LogP contribution in [0.5, 0.6) is 0 Å². The van der Waals surface area contributed by atoms with Crippen molar-refractivity contribution < 1.29 is 14.3 Å². The second kappa shape index (κ2) is 9.56. The van der Waals surface area contributed by atoms with Gasteiger partial charge in [0.15, 0.2) is 11.2 Å². The predicted molar refractivity (Wildman–Crippen MR) is 143 cm³/mol. The monoisotopic (exact) mass is 517 g/mol. The molecular formula is C27H20ClN3O4S. The summed E-state index contributed by atoms with van der Waals surface area (Å²) < 4.78 is 7.74. The van der Waals surface area contributed by atoms with Crippen molar-refractivity contribution in [3.63, 3.8) is 0 Å². The van der Waals surface area contributed by atoms with E-state index in [-0.39, 0.29) is 11.3 Å². The summed E-state index contributed by atoms with van der Waals surface area (Å²) in [7, 11) is 1.51. The van der Waals surface area contributed by atoms with Crippen LogP contribution in [0.2, 0.25) is 5.02 Å². The van der Waals surface area contributed by atoms with E-state index in [1.807, 2.05) is 24.3 Å². The SMILES string of the molecule is CC(OC(=O)c1c(-c2ccc(Cl)cc2)c2ccccc2c(=O)n1C)C(=O)Nc1nc2ccccc2s1. The minimum absolute atomic E-state index is 0.0423. The lowest BCUT2D eigenvalue weighted by atomic mass is 9.96. The third-order valence-electron chi connectivity index (χ3n) is 5.81. The molecule has 1 atom stereocenters. The van der Waals surface area contributed by atoms with Crippen molar-refractivity contribution >= 4 is 60.9 Å². The van der Waals surface area contributed by atoms with E-state index in [4.69, 9.17) is 16.3 Å². The second-order valence-electron chi connectivity index (χ2n) is 8.16. The van der Waals surface area contributed by atoms with Crippen molar-refractivity contribution in [1.29, 1.82) is 0 Å². The molecule has 0 aliphatic carbocycles. The van der Waals surface area contributed by atoms with Crippen LogP contribution in [0, 0.1) is 0 Å². The van der Waals surface area contributed by atoms with Gasteiger partial charge in [-0.2, -0.15) is 0 Å². The fraction of sp³-hybridized carbons (Fsp3) is 0.111. The quantitative estimate of drug-likeness (QED) is 0.304. The number of ether oxygens (including phenoxy) is 1. The summed E-state index contributed by atoms with van der Waals surface area (Å²) in [5, 5.41) is 4.71. The molecule has 9 heteroatoms. The van der Waals surface area contributed by atoms with Crippen LogP contribution in [0.4, 0.5) is 5.13 Å². The van der Waals surface area contributed by atoms with Crippen molar-refractivity contribution in [1.82, 2.24) is 9.55 Å². The van der Waals surface area contributed by atoms with Crippen LogP contribution in [0.15, 0.2) is 77.6 Å². The Morgan fingerprint density at radius 3 is 2.39 bits per heavy atom. The van der Waals surface area contributed by atoms with Crippen LogP contribution in [-0.4, -0.2) is 27.5 Å². The molecule has 2 aromatic heterocycles. The first kappa shape index (κ1) is 23.7. The minimum Gasteiger partial charge on any atom is -0.448 e. The van der Waals surface area contributed by atoms with Gasteiger partial charge in [0.2, 0.25) is 0 Å². The molecule has 0 saturated heterocycles. The number of carbonyl (C=O) groups is 2. The normalized spacial score (nSPS) is 12.0. The van der Waals surface area contributed by atoms with Gasteiger partial charge in [-0.05, 0) is 48.2 Å². The molecule has 0 aliphatic heterocycles. The molecule has 1 unspecified atom stereocenters. The molecule has 1 N–H and O–H groups in total. The summed E-state index contributed by atoms with van der Waals surface area (Å²) in [6, 6.07) is 21.5. The van der Waals surface area contributed by atoms with Gasteiger partial charge in [-0.15, -0.1) is 0 Å². The smallest absolute Gasteiger partial charge is 0.356 e. The van der Waals surface area contributed by atoms with E-state index in [1.54, 1.807) is 48.5 Å². The zero-order chi connectivity index (χ0) is 25.4. The Labute approximate surface area is 214 Å². The molecule has 1 amide bonds. The predicted octanol–water partition coefficient (Wildman–Crippen LogP) is 5.65. The van der Waals surface area contributed by atoms with E-state index in [0.29, 0.717) is 32.1 Å². The first-order valence-electron chi connectivity index (χ1n) is 11.1. The second-order valence-corrected chi connectivity index (χ2v) is 9.63. The highest BCUT2D eigenvalue weighted by Gasteiger charge is 2.26. The van der Waals surface area contributed by atoms with Gasteiger partial charge in [0, 0.05) is 23.0 Å². The Morgan fingerprint density at radius 2 is 1.67 bits per heavy atom. The standard InChI is InChI=1S/C27H20ClN3O4S/c1-15(24(32)30-27-29-20-9-5-6-10-21(20)36-27)35-26(34)23-22(16-11-13-17(28)14-12-16)18-7-3-4-8-19(18)25(33)31(23)2/h3-15H,1-2H3,(H,29,30,32). The first-order chi connectivity index (χ1) is 17.3. The van der Waals surface area contributed by atoms with Crippen LogP contribution in [0.1, 0.15) is 17.4 Å². The molecule has 5 aromatic rings. The largest absolute Gasteiger partial charge is 0.448 e. The molecule has 36 heavy (non-hydrogen) atoms. The number of para-hydroxylation sites is 1. The molecule has 3 aromatic carbocycles. The maximum absolute atomic E-state index is 13.4. The minimum atomic E-state index is -1.14. The molecule has 0 fully saturated rings. The van der Waals surface area contributed by atoms with Crippen molar-refractivity contribution in [3.05, 3.63) is 93.9 Å². The van der Waals surface area contributed by atoms with Crippen molar-refractivity contribution in [2.75, 3.05) is 5.32 Å². The molecule has 0 spiro atoms. The van der Waals surface area contributed by atoms with E-state index in [9.17, 15) is 14.4 Å². The number of thiazole rings is 1. The number of carbonyl (C=O) groups excluding carboxylic acids is 2. The lowest BCUT2D eigenvalue weighted by Crippen LogP contribution is -2.32. The highest BCUT2D eigenvalue weighted by atomic mass is 35.5. The third kappa shape index (κ3) is 4.36. The average molecular weight is 518 g/mol. The molecule has 0 bridgehead atoms. The Hall–Kier alpha value is -4.01. The van der Waals surface area contributed by atoms with Gasteiger partial charge in [0.25, 0.3) is 11.5 Å². The molecular weight excluding hydrogens is 498 g/mol. The molecule has 5 rings (SSSR count). The zero-order valence-corrected chi connectivity index (χ0v) is 20.9. The Bertz CT molecular complexity index is 1660. The number of halogens is 1. The van der Waals surface area contributed by atoms with Crippen LogP contribution in [0.25, 0.3) is 32.1 Å². The molecule has 2 heterocycles. The number of nitrogens with zero attached hydrogens (tertiary/aromatic N) is 2. The van der Waals surface area contributed by atoms with Gasteiger partial charge in [0.05, 0.1) is 10.2 Å². The fourth-order valence-corrected chi connectivity index (χ4v) is 5.01. The number of amides is 1. The van der Waals surface area contributed by atoms with Gasteiger partial charge in [-0.25, -0.2) is 9.78 Å². The Kier molecular flexibility index (Phi) is 6.30.